The summed E-state index contributed by atoms with van der Waals surface area (Å²) in [5, 5.41) is 5.77. The number of rotatable bonds is 7. The maximum atomic E-state index is 3.60. The van der Waals surface area contributed by atoms with Crippen LogP contribution in [-0.4, -0.2) is 6.54 Å². The summed E-state index contributed by atoms with van der Waals surface area (Å²) in [6, 6.07) is 2.78. The first kappa shape index (κ1) is 14.2. The molecule has 92 valence electrons. The minimum atomic E-state index is 0.534. The van der Waals surface area contributed by atoms with Gasteiger partial charge in [0, 0.05) is 20.8 Å². The Morgan fingerprint density at radius 1 is 1.31 bits per heavy atom. The Kier molecular flexibility index (Phi) is 6.62. The van der Waals surface area contributed by atoms with Gasteiger partial charge in [-0.05, 0) is 40.9 Å². The summed E-state index contributed by atoms with van der Waals surface area (Å²) in [5.74, 6) is 0.838. The van der Waals surface area contributed by atoms with Gasteiger partial charge >= 0.3 is 0 Å². The average molecular weight is 304 g/mol. The second-order valence-corrected chi connectivity index (χ2v) is 6.05. The van der Waals surface area contributed by atoms with Gasteiger partial charge in [0.1, 0.15) is 0 Å². The van der Waals surface area contributed by atoms with E-state index in [0.29, 0.717) is 6.04 Å². The Morgan fingerprint density at radius 3 is 2.44 bits per heavy atom. The summed E-state index contributed by atoms with van der Waals surface area (Å²) in [7, 11) is 0. The van der Waals surface area contributed by atoms with Crippen LogP contribution in [0.2, 0.25) is 0 Å². The van der Waals surface area contributed by atoms with E-state index < -0.39 is 0 Å². The molecule has 1 aromatic heterocycles. The largest absolute Gasteiger partial charge is 0.310 e. The number of hydrogen-bond donors (Lipinski definition) is 1. The number of thiophene rings is 1. The maximum Gasteiger partial charge on any atom is 0.0417 e. The van der Waals surface area contributed by atoms with Gasteiger partial charge in [0.05, 0.1) is 0 Å². The molecule has 1 rings (SSSR count). The fraction of sp³-hybridized carbons (Fsp3) is 0.692. The zero-order chi connectivity index (χ0) is 12.0. The predicted molar refractivity (Wildman–Crippen MR) is 77.1 cm³/mol. The molecule has 0 spiro atoms. The highest BCUT2D eigenvalue weighted by molar-refractivity contribution is 9.10. The number of hydrogen-bond acceptors (Lipinski definition) is 2. The summed E-state index contributed by atoms with van der Waals surface area (Å²) < 4.78 is 1.21. The quantitative estimate of drug-likeness (QED) is 0.748. The van der Waals surface area contributed by atoms with E-state index in [-0.39, 0.29) is 0 Å². The molecule has 0 aliphatic rings. The second kappa shape index (κ2) is 7.46. The van der Waals surface area contributed by atoms with Gasteiger partial charge in [-0.3, -0.25) is 0 Å². The average Bonchev–Trinajstić information content (AvgIpc) is 2.71. The molecule has 0 radical (unpaired) electrons. The lowest BCUT2D eigenvalue weighted by Gasteiger charge is -2.21. The standard InChI is InChI=1S/C13H22BrNS/c1-4-10(5-2)7-12(15-6-3)13-8-11(14)9-16-13/h8-10,12,15H,4-7H2,1-3H3. The molecule has 16 heavy (non-hydrogen) atoms. The van der Waals surface area contributed by atoms with Crippen molar-refractivity contribution in [2.75, 3.05) is 6.54 Å². The molecule has 0 aliphatic heterocycles. The predicted octanol–water partition coefficient (Wildman–Crippen LogP) is 4.99. The highest BCUT2D eigenvalue weighted by atomic mass is 79.9. The highest BCUT2D eigenvalue weighted by Crippen LogP contribution is 2.31. The summed E-state index contributed by atoms with van der Waals surface area (Å²) >= 11 is 5.39. The van der Waals surface area contributed by atoms with E-state index in [1.54, 1.807) is 0 Å². The minimum absolute atomic E-state index is 0.534. The van der Waals surface area contributed by atoms with Gasteiger partial charge < -0.3 is 5.32 Å². The first-order chi connectivity index (χ1) is 7.71. The Balaban J connectivity index is 2.66. The monoisotopic (exact) mass is 303 g/mol. The molecular formula is C13H22BrNS. The summed E-state index contributed by atoms with van der Waals surface area (Å²) in [6.07, 6.45) is 3.82. The fourth-order valence-electron chi connectivity index (χ4n) is 2.01. The Labute approximate surface area is 112 Å². The van der Waals surface area contributed by atoms with Crippen LogP contribution in [0.4, 0.5) is 0 Å². The van der Waals surface area contributed by atoms with Crippen LogP contribution in [0.25, 0.3) is 0 Å². The van der Waals surface area contributed by atoms with Crippen LogP contribution in [0.3, 0.4) is 0 Å². The van der Waals surface area contributed by atoms with Crippen molar-refractivity contribution in [3.8, 4) is 0 Å². The third-order valence-electron chi connectivity index (χ3n) is 3.11. The van der Waals surface area contributed by atoms with Gasteiger partial charge in [0.2, 0.25) is 0 Å². The second-order valence-electron chi connectivity index (χ2n) is 4.20. The number of nitrogens with one attached hydrogen (secondary N) is 1. The van der Waals surface area contributed by atoms with E-state index in [2.05, 4.69) is 53.5 Å². The van der Waals surface area contributed by atoms with Crippen molar-refractivity contribution >= 4 is 27.3 Å². The SMILES string of the molecule is CCNC(CC(CC)CC)c1cc(Br)cs1. The molecule has 0 bridgehead atoms. The maximum absolute atomic E-state index is 3.60. The molecule has 0 saturated carbocycles. The zero-order valence-electron chi connectivity index (χ0n) is 10.4. The molecule has 1 atom stereocenters. The Morgan fingerprint density at radius 2 is 2.00 bits per heavy atom. The van der Waals surface area contributed by atoms with Gasteiger partial charge in [-0.1, -0.05) is 33.6 Å². The third-order valence-corrected chi connectivity index (χ3v) is 4.91. The topological polar surface area (TPSA) is 12.0 Å². The van der Waals surface area contributed by atoms with Gasteiger partial charge in [0.15, 0.2) is 0 Å². The van der Waals surface area contributed by atoms with Crippen LogP contribution >= 0.6 is 27.3 Å². The Bertz CT molecular complexity index is 294. The van der Waals surface area contributed by atoms with E-state index in [0.717, 1.165) is 12.5 Å². The normalized spacial score (nSPS) is 13.3. The summed E-state index contributed by atoms with van der Waals surface area (Å²) in [5.41, 5.74) is 0. The van der Waals surface area contributed by atoms with Gasteiger partial charge in [-0.2, -0.15) is 0 Å². The Hall–Kier alpha value is 0.140. The molecule has 1 unspecified atom stereocenters. The van der Waals surface area contributed by atoms with Crippen molar-refractivity contribution in [2.24, 2.45) is 5.92 Å². The van der Waals surface area contributed by atoms with Crippen molar-refractivity contribution in [3.63, 3.8) is 0 Å². The van der Waals surface area contributed by atoms with E-state index in [1.807, 2.05) is 11.3 Å². The van der Waals surface area contributed by atoms with Crippen molar-refractivity contribution in [1.29, 1.82) is 0 Å². The first-order valence-corrected chi connectivity index (χ1v) is 7.85. The lowest BCUT2D eigenvalue weighted by Crippen LogP contribution is -2.22. The van der Waals surface area contributed by atoms with Crippen molar-refractivity contribution in [1.82, 2.24) is 5.32 Å². The summed E-state index contributed by atoms with van der Waals surface area (Å²) in [6.45, 7) is 7.81. The molecule has 1 N–H and O–H groups in total. The van der Waals surface area contributed by atoms with E-state index in [4.69, 9.17) is 0 Å². The van der Waals surface area contributed by atoms with Crippen molar-refractivity contribution < 1.29 is 0 Å². The van der Waals surface area contributed by atoms with Crippen LogP contribution < -0.4 is 5.32 Å². The van der Waals surface area contributed by atoms with Crippen molar-refractivity contribution in [2.45, 2.75) is 46.1 Å². The molecule has 0 fully saturated rings. The van der Waals surface area contributed by atoms with Crippen LogP contribution in [0.1, 0.15) is 51.0 Å². The van der Waals surface area contributed by atoms with Crippen LogP contribution in [0, 0.1) is 5.92 Å². The van der Waals surface area contributed by atoms with E-state index in [1.165, 1.54) is 28.6 Å². The summed E-state index contributed by atoms with van der Waals surface area (Å²) in [4.78, 5) is 1.46. The van der Waals surface area contributed by atoms with E-state index >= 15 is 0 Å². The minimum Gasteiger partial charge on any atom is -0.310 e. The fourth-order valence-corrected chi connectivity index (χ4v) is 3.55. The molecule has 0 saturated heterocycles. The molecule has 0 amide bonds. The van der Waals surface area contributed by atoms with Crippen LogP contribution in [-0.2, 0) is 0 Å². The molecule has 0 aromatic carbocycles. The van der Waals surface area contributed by atoms with E-state index in [9.17, 15) is 0 Å². The lowest BCUT2D eigenvalue weighted by molar-refractivity contribution is 0.379. The van der Waals surface area contributed by atoms with Crippen molar-refractivity contribution in [3.05, 3.63) is 20.8 Å². The molecule has 0 aliphatic carbocycles. The van der Waals surface area contributed by atoms with Gasteiger partial charge in [-0.25, -0.2) is 0 Å². The molecule has 1 heterocycles. The lowest BCUT2D eigenvalue weighted by atomic mass is 9.94. The van der Waals surface area contributed by atoms with Crippen LogP contribution in [0.5, 0.6) is 0 Å². The number of halogens is 1. The van der Waals surface area contributed by atoms with Gasteiger partial charge in [-0.15, -0.1) is 11.3 Å². The molecule has 1 nitrogen and oxygen atoms in total. The zero-order valence-corrected chi connectivity index (χ0v) is 12.8. The first-order valence-electron chi connectivity index (χ1n) is 6.18. The smallest absolute Gasteiger partial charge is 0.0417 e. The molecule has 1 aromatic rings. The highest BCUT2D eigenvalue weighted by Gasteiger charge is 2.16. The van der Waals surface area contributed by atoms with Gasteiger partial charge in [0.25, 0.3) is 0 Å². The third kappa shape index (κ3) is 4.19. The molecular weight excluding hydrogens is 282 g/mol. The molecule has 3 heteroatoms. The van der Waals surface area contributed by atoms with Crippen LogP contribution in [0.15, 0.2) is 15.9 Å².